The van der Waals surface area contributed by atoms with Crippen LogP contribution >= 0.6 is 68.8 Å². The number of thiazole rings is 3. The number of sulfonamides is 3. The van der Waals surface area contributed by atoms with E-state index in [4.69, 9.17) is 39.5 Å². The quantitative estimate of drug-likeness (QED) is 0.0509. The van der Waals surface area contributed by atoms with Gasteiger partial charge in [-0.3, -0.25) is 14.2 Å². The second-order valence-corrected chi connectivity index (χ2v) is 31.3. The number of aryl methyl sites for hydroxylation is 1. The Balaban J connectivity index is 0.000000166. The summed E-state index contributed by atoms with van der Waals surface area (Å²) in [7, 11) is -0.222. The molecule has 30 heteroatoms. The summed E-state index contributed by atoms with van der Waals surface area (Å²) in [5.41, 5.74) is 2.26. The number of hydrogen-bond acceptors (Lipinski definition) is 18. The van der Waals surface area contributed by atoms with Crippen molar-refractivity contribution < 1.29 is 43.2 Å². The summed E-state index contributed by atoms with van der Waals surface area (Å²) >= 11 is 21.6. The topological polar surface area (TPSA) is 220 Å². The molecule has 10 rings (SSSR count). The minimum absolute atomic E-state index is 0.0217. The molecule has 85 heavy (non-hydrogen) atoms. The number of hydrogen-bond donors (Lipinski definition) is 5. The van der Waals surface area contributed by atoms with Crippen molar-refractivity contribution >= 4 is 126 Å². The van der Waals surface area contributed by atoms with Crippen LogP contribution < -0.4 is 29.5 Å². The lowest BCUT2D eigenvalue weighted by atomic mass is 9.89. The Kier molecular flexibility index (Phi) is 22.7. The van der Waals surface area contributed by atoms with Crippen LogP contribution in [0, 0.1) is 24.4 Å². The summed E-state index contributed by atoms with van der Waals surface area (Å²) in [6.45, 7) is 1.75. The van der Waals surface area contributed by atoms with Crippen LogP contribution in [0.4, 0.5) is 39.9 Å². The third-order valence-electron chi connectivity index (χ3n) is 15.3. The Morgan fingerprint density at radius 3 is 1.49 bits per heavy atom. The largest absolute Gasteiger partial charge is 0.488 e. The van der Waals surface area contributed by atoms with E-state index in [9.17, 15) is 38.4 Å². The van der Waals surface area contributed by atoms with Gasteiger partial charge in [-0.05, 0) is 149 Å². The number of ether oxygens (including phenoxy) is 1. The molecule has 6 aromatic rings. The molecule has 18 nitrogen and oxygen atoms in total. The molecular weight excluding hydrogens is 1280 g/mol. The number of halogens is 6. The van der Waals surface area contributed by atoms with Crippen molar-refractivity contribution in [1.82, 2.24) is 29.7 Å². The Hall–Kier alpha value is -4.26. The second kappa shape index (κ2) is 28.9. The molecule has 466 valence electrons. The van der Waals surface area contributed by atoms with Crippen molar-refractivity contribution in [3.8, 4) is 5.75 Å². The minimum atomic E-state index is -4.18. The minimum Gasteiger partial charge on any atom is -0.488 e. The Labute approximate surface area is 523 Å². The zero-order valence-electron chi connectivity index (χ0n) is 48.0. The third kappa shape index (κ3) is 17.5. The number of nitrogens with one attached hydrogen (secondary N) is 5. The van der Waals surface area contributed by atoms with Crippen molar-refractivity contribution in [3.05, 3.63) is 103 Å². The average Bonchev–Trinajstić information content (AvgIpc) is 2.34. The summed E-state index contributed by atoms with van der Waals surface area (Å²) in [5, 5.41) is 10.7. The molecule has 4 aliphatic carbocycles. The van der Waals surface area contributed by atoms with E-state index in [0.29, 0.717) is 39.2 Å². The van der Waals surface area contributed by atoms with E-state index < -0.39 is 57.3 Å². The van der Waals surface area contributed by atoms with Gasteiger partial charge in [0.25, 0.3) is 30.1 Å². The van der Waals surface area contributed by atoms with E-state index in [1.54, 1.807) is 17.7 Å². The van der Waals surface area contributed by atoms with E-state index in [1.807, 2.05) is 42.3 Å². The Morgan fingerprint density at radius 1 is 0.565 bits per heavy atom. The smallest absolute Gasteiger partial charge is 0.266 e. The van der Waals surface area contributed by atoms with Gasteiger partial charge in [0.1, 0.15) is 48.3 Å². The summed E-state index contributed by atoms with van der Waals surface area (Å²) in [5.74, 6) is -1.84. The molecule has 0 aliphatic heterocycles. The van der Waals surface area contributed by atoms with Crippen molar-refractivity contribution in [2.24, 2.45) is 0 Å². The highest BCUT2D eigenvalue weighted by molar-refractivity contribution is 7.93. The third-order valence-corrected chi connectivity index (χ3v) is 22.9. The lowest BCUT2D eigenvalue weighted by Gasteiger charge is -2.37. The Morgan fingerprint density at radius 2 is 1.04 bits per heavy atom. The fraction of sp³-hybridized carbons (Fsp3) is 0.509. The molecule has 1 unspecified atom stereocenters. The first kappa shape index (κ1) is 66.7. The van der Waals surface area contributed by atoms with Crippen LogP contribution in [0.5, 0.6) is 5.75 Å². The normalized spacial score (nSPS) is 21.1. The highest BCUT2D eigenvalue weighted by Crippen LogP contribution is 2.47. The van der Waals surface area contributed by atoms with Gasteiger partial charge in [-0.25, -0.2) is 53.4 Å². The van der Waals surface area contributed by atoms with Crippen LogP contribution in [-0.4, -0.2) is 134 Å². The standard InChI is InChI=1S/C20H26FN3O3S2.C18H24ClFN4O2S2.C17H21Cl2FN4O2S2/c1-24(2)16-5-3-4-6-17(16)27-18-12-15(21)19(11-14(18)13-7-8-13)29(25,26)23-20-22-9-10-28-20;1-11-10-27-18(21-11)23-28(25,26)17-8-12(19)15(9-13(17)20)22-14-6-4-5-7-16(14)24(2)3;1-24(2)14-6-4-3-5-12(14)22-13-8-11(20)15(7-10(13)18)28(25,26)23-17-21-9-16(19)27-17/h9-13,16-17H,3-8H2,1-2H3,(H,22,23);8-10,14,16,22H,4-7H2,1-3H3,(H,21,23);7-9,12,14,22H,3-6H2,1-2H3,(H,21,23)/t16?,17-;14-,16-;12-,14-/m100/s1. The molecule has 4 aliphatic rings. The first-order valence-corrected chi connectivity index (χ1v) is 35.9. The van der Waals surface area contributed by atoms with Gasteiger partial charge in [0.15, 0.2) is 15.4 Å². The summed E-state index contributed by atoms with van der Waals surface area (Å²) < 4.78 is 133. The van der Waals surface area contributed by atoms with Crippen LogP contribution in [0.3, 0.4) is 0 Å². The fourth-order valence-corrected chi connectivity index (χ4v) is 17.5. The van der Waals surface area contributed by atoms with E-state index in [1.165, 1.54) is 24.5 Å². The van der Waals surface area contributed by atoms with E-state index in [-0.39, 0.29) is 60.5 Å². The van der Waals surface area contributed by atoms with Crippen LogP contribution in [-0.2, 0) is 30.1 Å². The number of benzene rings is 3. The van der Waals surface area contributed by atoms with Crippen LogP contribution in [0.25, 0.3) is 0 Å². The fourth-order valence-electron chi connectivity index (χ4n) is 10.9. The average molecular weight is 1350 g/mol. The number of nitrogens with zero attached hydrogens (tertiary/aromatic N) is 6. The Bertz CT molecular complexity index is 3450. The van der Waals surface area contributed by atoms with Gasteiger partial charge in [-0.2, -0.15) is 0 Å². The maximum Gasteiger partial charge on any atom is 0.266 e. The van der Waals surface area contributed by atoms with E-state index in [2.05, 4.69) is 54.5 Å². The van der Waals surface area contributed by atoms with Crippen molar-refractivity contribution in [2.75, 3.05) is 67.1 Å². The highest BCUT2D eigenvalue weighted by atomic mass is 35.5. The monoisotopic (exact) mass is 1350 g/mol. The van der Waals surface area contributed by atoms with Gasteiger partial charge in [-0.15, -0.1) is 22.7 Å². The molecule has 3 aromatic heterocycles. The maximum absolute atomic E-state index is 14.9. The summed E-state index contributed by atoms with van der Waals surface area (Å²) in [4.78, 5) is 16.9. The zero-order valence-corrected chi connectivity index (χ0v) is 55.1. The van der Waals surface area contributed by atoms with Crippen molar-refractivity contribution in [1.29, 1.82) is 0 Å². The molecular formula is C55H71Cl3F3N11O7S6. The first-order chi connectivity index (χ1) is 40.2. The van der Waals surface area contributed by atoms with Gasteiger partial charge in [0.2, 0.25) is 0 Å². The zero-order chi connectivity index (χ0) is 61.5. The molecule has 4 fully saturated rings. The van der Waals surface area contributed by atoms with Crippen molar-refractivity contribution in [2.45, 2.75) is 154 Å². The first-order valence-electron chi connectivity index (χ1n) is 27.7. The van der Waals surface area contributed by atoms with Crippen LogP contribution in [0.2, 0.25) is 14.4 Å². The number of likely N-dealkylation sites (N-methyl/N-ethyl adjacent to an activating group) is 3. The predicted molar refractivity (Wildman–Crippen MR) is 337 cm³/mol. The van der Waals surface area contributed by atoms with E-state index >= 15 is 0 Å². The van der Waals surface area contributed by atoms with Gasteiger partial charge in [-0.1, -0.05) is 78.2 Å². The SMILES string of the molecule is CN(C)C1CCCC[C@H]1Oc1cc(F)c(S(=O)(=O)Nc2nccs2)cc1C1CC1.CN(C)[C@H]1CCCC[C@@H]1Nc1cc(F)c(S(=O)(=O)Nc2ncc(Cl)s2)cc1Cl.Cc1csc(NS(=O)(=O)c2cc(Cl)c(N[C@H]3CCCC[C@@H]3N(C)C)cc2F)n1. The summed E-state index contributed by atoms with van der Waals surface area (Å²) in [6.07, 6.45) is 17.4. The maximum atomic E-state index is 14.9. The molecule has 6 atom stereocenters. The number of anilines is 5. The van der Waals surface area contributed by atoms with Crippen LogP contribution in [0.15, 0.2) is 74.2 Å². The number of rotatable bonds is 19. The molecule has 0 amide bonds. The lowest BCUT2D eigenvalue weighted by Crippen LogP contribution is -2.45. The van der Waals surface area contributed by atoms with Gasteiger partial charge < -0.3 is 30.1 Å². The molecule has 5 N–H and O–H groups in total. The molecule has 3 heterocycles. The van der Waals surface area contributed by atoms with Crippen LogP contribution in [0.1, 0.15) is 107 Å². The second-order valence-electron chi connectivity index (χ2n) is 22.1. The van der Waals surface area contributed by atoms with Gasteiger partial charge in [0, 0.05) is 53.2 Å². The molecule has 3 aromatic carbocycles. The molecule has 4 saturated carbocycles. The highest BCUT2D eigenvalue weighted by Gasteiger charge is 2.36. The lowest BCUT2D eigenvalue weighted by molar-refractivity contribution is 0.0612. The molecule has 0 bridgehead atoms. The predicted octanol–water partition coefficient (Wildman–Crippen LogP) is 13.2. The van der Waals surface area contributed by atoms with Gasteiger partial charge >= 0.3 is 0 Å². The number of aromatic nitrogens is 3. The molecule has 0 spiro atoms. The van der Waals surface area contributed by atoms with E-state index in [0.717, 1.165) is 154 Å². The summed E-state index contributed by atoms with van der Waals surface area (Å²) in [6, 6.07) is 8.38. The van der Waals surface area contributed by atoms with Gasteiger partial charge in [0.05, 0.1) is 33.3 Å². The van der Waals surface area contributed by atoms with Crippen molar-refractivity contribution in [3.63, 3.8) is 0 Å². The molecule has 0 saturated heterocycles. The molecule has 0 radical (unpaired) electrons.